The quantitative estimate of drug-likeness (QED) is 0.457. The summed E-state index contributed by atoms with van der Waals surface area (Å²) in [4.78, 5) is 26.8. The van der Waals surface area contributed by atoms with E-state index in [0.717, 1.165) is 33.5 Å². The molecule has 3 aromatic rings. The number of nitrogens with zero attached hydrogens (tertiary/aromatic N) is 1. The number of para-hydroxylation sites is 1. The molecule has 0 bridgehead atoms. The van der Waals surface area contributed by atoms with Gasteiger partial charge in [-0.05, 0) is 59.4 Å². The number of benzene rings is 3. The number of anilines is 1. The molecule has 0 aliphatic carbocycles. The van der Waals surface area contributed by atoms with E-state index in [1.54, 1.807) is 23.1 Å². The second-order valence-corrected chi connectivity index (χ2v) is 8.71. The highest BCUT2D eigenvalue weighted by Crippen LogP contribution is 2.41. The van der Waals surface area contributed by atoms with Gasteiger partial charge in [0.25, 0.3) is 5.91 Å². The number of rotatable bonds is 6. The van der Waals surface area contributed by atoms with Gasteiger partial charge in [0.2, 0.25) is 0 Å². The van der Waals surface area contributed by atoms with Gasteiger partial charge in [0, 0.05) is 16.2 Å². The Labute approximate surface area is 192 Å². The van der Waals surface area contributed by atoms with Crippen molar-refractivity contribution in [3.8, 4) is 0 Å². The largest absolute Gasteiger partial charge is 0.478 e. The van der Waals surface area contributed by atoms with Crippen molar-refractivity contribution in [2.75, 3.05) is 4.90 Å². The molecule has 0 unspecified atom stereocenters. The maximum atomic E-state index is 13.7. The van der Waals surface area contributed by atoms with Crippen LogP contribution in [0, 0.1) is 5.92 Å². The summed E-state index contributed by atoms with van der Waals surface area (Å²) in [6, 6.07) is 22.3. The second kappa shape index (κ2) is 9.01. The molecule has 0 saturated carbocycles. The van der Waals surface area contributed by atoms with Gasteiger partial charge in [-0.3, -0.25) is 4.79 Å². The lowest BCUT2D eigenvalue weighted by Gasteiger charge is -2.19. The van der Waals surface area contributed by atoms with Crippen molar-refractivity contribution in [3.63, 3.8) is 0 Å². The zero-order valence-corrected chi connectivity index (χ0v) is 18.8. The van der Waals surface area contributed by atoms with Crippen molar-refractivity contribution < 1.29 is 14.7 Å². The number of hydrogen-bond acceptors (Lipinski definition) is 2. The molecular weight excluding hydrogens is 422 g/mol. The minimum absolute atomic E-state index is 0.0513. The highest BCUT2D eigenvalue weighted by atomic mass is 35.5. The van der Waals surface area contributed by atoms with Gasteiger partial charge in [0.05, 0.1) is 17.8 Å². The number of aromatic carboxylic acids is 1. The smallest absolute Gasteiger partial charge is 0.335 e. The van der Waals surface area contributed by atoms with Gasteiger partial charge in [0.15, 0.2) is 0 Å². The normalized spacial score (nSPS) is 14.6. The third-order valence-electron chi connectivity index (χ3n) is 5.76. The molecule has 1 N–H and O–H groups in total. The van der Waals surface area contributed by atoms with E-state index in [9.17, 15) is 14.7 Å². The van der Waals surface area contributed by atoms with Crippen molar-refractivity contribution in [1.29, 1.82) is 0 Å². The molecule has 4 rings (SSSR count). The molecule has 4 nitrogen and oxygen atoms in total. The predicted octanol–water partition coefficient (Wildman–Crippen LogP) is 6.24. The van der Waals surface area contributed by atoms with Crippen molar-refractivity contribution in [1.82, 2.24) is 0 Å². The molecule has 1 amide bonds. The van der Waals surface area contributed by atoms with Gasteiger partial charge >= 0.3 is 5.97 Å². The van der Waals surface area contributed by atoms with Gasteiger partial charge in [-0.1, -0.05) is 67.9 Å². The molecule has 0 atom stereocenters. The number of carboxylic acid groups (broad SMARTS) is 1. The molecular formula is C27H24ClNO3. The third-order valence-corrected chi connectivity index (χ3v) is 6.02. The highest BCUT2D eigenvalue weighted by Gasteiger charge is 2.34. The SMILES string of the molecule is CC(C)C(Cc1ccc(Cl)cc1)=C1C(=O)N(Cc2cccc(C(=O)O)c2)c2ccccc21. The van der Waals surface area contributed by atoms with E-state index in [1.165, 1.54) is 0 Å². The number of fused-ring (bicyclic) bond motifs is 1. The first kappa shape index (κ1) is 21.8. The van der Waals surface area contributed by atoms with E-state index in [2.05, 4.69) is 13.8 Å². The molecule has 0 spiro atoms. The summed E-state index contributed by atoms with van der Waals surface area (Å²) in [7, 11) is 0. The molecule has 1 aliphatic heterocycles. The summed E-state index contributed by atoms with van der Waals surface area (Å²) in [5, 5.41) is 10.0. The number of amides is 1. The number of carboxylic acids is 1. The van der Waals surface area contributed by atoms with Crippen LogP contribution in [-0.2, 0) is 17.8 Å². The summed E-state index contributed by atoms with van der Waals surface area (Å²) in [6.45, 7) is 4.52. The standard InChI is InChI=1S/C27H24ClNO3/c1-17(2)23(15-18-10-12-21(28)13-11-18)25-22-8-3-4-9-24(22)29(26(25)30)16-19-6-5-7-20(14-19)27(31)32/h3-14,17H,15-16H2,1-2H3,(H,31,32). The molecule has 5 heteroatoms. The van der Waals surface area contributed by atoms with Crippen LogP contribution in [0.4, 0.5) is 5.69 Å². The Bertz CT molecular complexity index is 1210. The number of carbonyl (C=O) groups excluding carboxylic acids is 1. The number of hydrogen-bond donors (Lipinski definition) is 1. The number of allylic oxidation sites excluding steroid dienone is 1. The summed E-state index contributed by atoms with van der Waals surface area (Å²) < 4.78 is 0. The number of carbonyl (C=O) groups is 2. The second-order valence-electron chi connectivity index (χ2n) is 8.27. The van der Waals surface area contributed by atoms with Crippen LogP contribution >= 0.6 is 11.6 Å². The molecule has 1 heterocycles. The summed E-state index contributed by atoms with van der Waals surface area (Å²) >= 11 is 6.05. The van der Waals surface area contributed by atoms with Gasteiger partial charge in [-0.2, -0.15) is 0 Å². The molecule has 0 radical (unpaired) electrons. The third kappa shape index (κ3) is 4.32. The first-order valence-corrected chi connectivity index (χ1v) is 10.9. The van der Waals surface area contributed by atoms with E-state index in [0.29, 0.717) is 18.0 Å². The highest BCUT2D eigenvalue weighted by molar-refractivity contribution is 6.33. The molecule has 32 heavy (non-hydrogen) atoms. The Morgan fingerprint density at radius 1 is 0.969 bits per heavy atom. The fraction of sp³-hybridized carbons (Fsp3) is 0.185. The molecule has 0 aromatic heterocycles. The van der Waals surface area contributed by atoms with Crippen LogP contribution in [0.3, 0.4) is 0 Å². The average Bonchev–Trinajstić information content (AvgIpc) is 3.05. The Balaban J connectivity index is 1.76. The van der Waals surface area contributed by atoms with E-state index in [1.807, 2.05) is 54.6 Å². The van der Waals surface area contributed by atoms with Crippen molar-refractivity contribution in [3.05, 3.63) is 106 Å². The van der Waals surface area contributed by atoms with Gasteiger partial charge < -0.3 is 10.0 Å². The summed E-state index contributed by atoms with van der Waals surface area (Å²) in [5.41, 5.74) is 5.67. The average molecular weight is 446 g/mol. The lowest BCUT2D eigenvalue weighted by atomic mass is 9.88. The van der Waals surface area contributed by atoms with Crippen LogP contribution < -0.4 is 4.90 Å². The zero-order valence-electron chi connectivity index (χ0n) is 18.0. The Kier molecular flexibility index (Phi) is 6.15. The van der Waals surface area contributed by atoms with Crippen LogP contribution in [-0.4, -0.2) is 17.0 Å². The Morgan fingerprint density at radius 3 is 2.38 bits per heavy atom. The van der Waals surface area contributed by atoms with Crippen molar-refractivity contribution in [2.45, 2.75) is 26.8 Å². The molecule has 3 aromatic carbocycles. The topological polar surface area (TPSA) is 57.6 Å². The lowest BCUT2D eigenvalue weighted by molar-refractivity contribution is -0.113. The van der Waals surface area contributed by atoms with Crippen LogP contribution in [0.5, 0.6) is 0 Å². The van der Waals surface area contributed by atoms with Crippen LogP contribution in [0.15, 0.2) is 78.4 Å². The van der Waals surface area contributed by atoms with Crippen molar-refractivity contribution in [2.24, 2.45) is 5.92 Å². The molecule has 0 fully saturated rings. The van der Waals surface area contributed by atoms with Crippen LogP contribution in [0.1, 0.15) is 40.9 Å². The molecule has 0 saturated heterocycles. The van der Waals surface area contributed by atoms with E-state index in [-0.39, 0.29) is 17.4 Å². The van der Waals surface area contributed by atoms with Gasteiger partial charge in [0.1, 0.15) is 0 Å². The van der Waals surface area contributed by atoms with E-state index in [4.69, 9.17) is 11.6 Å². The molecule has 1 aliphatic rings. The van der Waals surface area contributed by atoms with Crippen LogP contribution in [0.25, 0.3) is 5.57 Å². The zero-order chi connectivity index (χ0) is 22.8. The predicted molar refractivity (Wildman–Crippen MR) is 128 cm³/mol. The maximum Gasteiger partial charge on any atom is 0.335 e. The Morgan fingerprint density at radius 2 is 1.69 bits per heavy atom. The Hall–Kier alpha value is -3.37. The number of halogens is 1. The fourth-order valence-electron chi connectivity index (χ4n) is 4.14. The monoisotopic (exact) mass is 445 g/mol. The minimum atomic E-state index is -0.981. The first-order valence-electron chi connectivity index (χ1n) is 10.6. The first-order chi connectivity index (χ1) is 15.3. The minimum Gasteiger partial charge on any atom is -0.478 e. The van der Waals surface area contributed by atoms with Crippen molar-refractivity contribution >= 4 is 34.7 Å². The lowest BCUT2D eigenvalue weighted by Crippen LogP contribution is -2.26. The van der Waals surface area contributed by atoms with Gasteiger partial charge in [-0.15, -0.1) is 0 Å². The summed E-state index contributed by atoms with van der Waals surface area (Å²) in [6.07, 6.45) is 0.659. The van der Waals surface area contributed by atoms with E-state index < -0.39 is 5.97 Å². The molecule has 162 valence electrons. The van der Waals surface area contributed by atoms with Crippen LogP contribution in [0.2, 0.25) is 5.02 Å². The summed E-state index contributed by atoms with van der Waals surface area (Å²) in [5.74, 6) is -0.858. The van der Waals surface area contributed by atoms with E-state index >= 15 is 0 Å². The maximum absolute atomic E-state index is 13.7. The fourth-order valence-corrected chi connectivity index (χ4v) is 4.26. The van der Waals surface area contributed by atoms with Gasteiger partial charge in [-0.25, -0.2) is 4.79 Å².